The average Bonchev–Trinajstić information content (AvgIpc) is 2.28. The van der Waals surface area contributed by atoms with Crippen LogP contribution in [0.4, 0.5) is 11.6 Å². The van der Waals surface area contributed by atoms with Crippen molar-refractivity contribution in [1.82, 2.24) is 9.97 Å². The highest BCUT2D eigenvalue weighted by Crippen LogP contribution is 2.22. The van der Waals surface area contributed by atoms with Crippen LogP contribution in [0.3, 0.4) is 0 Å². The van der Waals surface area contributed by atoms with Crippen LogP contribution in [-0.4, -0.2) is 22.6 Å². The number of aromatic nitrogens is 2. The molecule has 0 amide bonds. The molecule has 0 saturated carbocycles. The van der Waals surface area contributed by atoms with E-state index >= 15 is 0 Å². The van der Waals surface area contributed by atoms with Crippen LogP contribution in [0.1, 0.15) is 60.2 Å². The van der Waals surface area contributed by atoms with Gasteiger partial charge in [-0.05, 0) is 20.3 Å². The second kappa shape index (κ2) is 6.73. The summed E-state index contributed by atoms with van der Waals surface area (Å²) in [5, 5.41) is 6.74. The van der Waals surface area contributed by atoms with Crippen molar-refractivity contribution in [2.24, 2.45) is 0 Å². The van der Waals surface area contributed by atoms with E-state index in [0.717, 1.165) is 30.4 Å². The lowest BCUT2D eigenvalue weighted by Gasteiger charge is -2.20. The summed E-state index contributed by atoms with van der Waals surface area (Å²) in [6, 6.07) is 2.42. The largest absolute Gasteiger partial charge is 0.370 e. The van der Waals surface area contributed by atoms with Crippen molar-refractivity contribution < 1.29 is 0 Å². The normalized spacial score (nSPS) is 13.2. The van der Waals surface area contributed by atoms with Crippen LogP contribution in [0.15, 0.2) is 6.07 Å². The lowest BCUT2D eigenvalue weighted by molar-refractivity contribution is 0.545. The van der Waals surface area contributed by atoms with Gasteiger partial charge < -0.3 is 10.6 Å². The first-order chi connectivity index (χ1) is 8.86. The second-order valence-electron chi connectivity index (χ2n) is 6.08. The molecule has 0 aliphatic rings. The molecule has 0 aromatic carbocycles. The van der Waals surface area contributed by atoms with Gasteiger partial charge in [-0.25, -0.2) is 9.97 Å². The van der Waals surface area contributed by atoms with Gasteiger partial charge in [0.05, 0.1) is 0 Å². The van der Waals surface area contributed by atoms with Gasteiger partial charge in [0.1, 0.15) is 17.5 Å². The Bertz CT molecular complexity index is 396. The lowest BCUT2D eigenvalue weighted by Crippen LogP contribution is -2.21. The minimum absolute atomic E-state index is 0.0458. The van der Waals surface area contributed by atoms with Crippen LogP contribution in [-0.2, 0) is 5.41 Å². The maximum absolute atomic E-state index is 4.65. The summed E-state index contributed by atoms with van der Waals surface area (Å²) in [5.41, 5.74) is -0.0458. The lowest BCUT2D eigenvalue weighted by atomic mass is 9.96. The van der Waals surface area contributed by atoms with Gasteiger partial charge in [0.15, 0.2) is 0 Å². The number of anilines is 2. The molecule has 0 spiro atoms. The van der Waals surface area contributed by atoms with Crippen LogP contribution >= 0.6 is 0 Å². The standard InChI is InChI=1S/C15H28N4/c1-7-9-11(3)17-13-10-12(16-8-2)18-14(19-13)15(4,5)6/h10-11H,7-9H2,1-6H3,(H2,16,17,18,19). The summed E-state index contributed by atoms with van der Waals surface area (Å²) >= 11 is 0. The van der Waals surface area contributed by atoms with Gasteiger partial charge >= 0.3 is 0 Å². The Morgan fingerprint density at radius 2 is 1.79 bits per heavy atom. The molecule has 1 atom stereocenters. The smallest absolute Gasteiger partial charge is 0.138 e. The molecule has 19 heavy (non-hydrogen) atoms. The van der Waals surface area contributed by atoms with Gasteiger partial charge in [-0.2, -0.15) is 0 Å². The molecular formula is C15H28N4. The monoisotopic (exact) mass is 264 g/mol. The number of rotatable bonds is 6. The van der Waals surface area contributed by atoms with E-state index < -0.39 is 0 Å². The van der Waals surface area contributed by atoms with Crippen LogP contribution in [0.5, 0.6) is 0 Å². The van der Waals surface area contributed by atoms with Gasteiger partial charge in [0.2, 0.25) is 0 Å². The maximum atomic E-state index is 4.65. The molecule has 0 saturated heterocycles. The molecule has 1 heterocycles. The molecule has 0 aliphatic carbocycles. The van der Waals surface area contributed by atoms with Crippen molar-refractivity contribution in [3.05, 3.63) is 11.9 Å². The van der Waals surface area contributed by atoms with Gasteiger partial charge in [0, 0.05) is 24.1 Å². The minimum atomic E-state index is -0.0458. The topological polar surface area (TPSA) is 49.8 Å². The average molecular weight is 264 g/mol. The number of nitrogens with zero attached hydrogens (tertiary/aromatic N) is 2. The van der Waals surface area contributed by atoms with Crippen LogP contribution in [0.2, 0.25) is 0 Å². The fraction of sp³-hybridized carbons (Fsp3) is 0.733. The summed E-state index contributed by atoms with van der Waals surface area (Å²) in [5.74, 6) is 2.68. The van der Waals surface area contributed by atoms with E-state index in [2.05, 4.69) is 62.1 Å². The first-order valence-electron chi connectivity index (χ1n) is 7.26. The minimum Gasteiger partial charge on any atom is -0.370 e. The van der Waals surface area contributed by atoms with Crippen molar-refractivity contribution in [3.63, 3.8) is 0 Å². The van der Waals surface area contributed by atoms with Crippen LogP contribution in [0, 0.1) is 0 Å². The molecule has 0 bridgehead atoms. The highest BCUT2D eigenvalue weighted by atomic mass is 15.1. The Morgan fingerprint density at radius 3 is 2.32 bits per heavy atom. The predicted molar refractivity (Wildman–Crippen MR) is 82.9 cm³/mol. The van der Waals surface area contributed by atoms with E-state index in [0.29, 0.717) is 6.04 Å². The highest BCUT2D eigenvalue weighted by Gasteiger charge is 2.19. The molecule has 0 aliphatic heterocycles. The number of nitrogens with one attached hydrogen (secondary N) is 2. The summed E-state index contributed by atoms with van der Waals surface area (Å²) < 4.78 is 0. The third kappa shape index (κ3) is 5.05. The zero-order valence-corrected chi connectivity index (χ0v) is 13.2. The molecule has 1 rings (SSSR count). The molecule has 0 fully saturated rings. The van der Waals surface area contributed by atoms with E-state index in [9.17, 15) is 0 Å². The summed E-state index contributed by atoms with van der Waals surface area (Å²) in [7, 11) is 0. The first-order valence-corrected chi connectivity index (χ1v) is 7.26. The Morgan fingerprint density at radius 1 is 1.16 bits per heavy atom. The predicted octanol–water partition coefficient (Wildman–Crippen LogP) is 3.81. The Kier molecular flexibility index (Phi) is 5.58. The molecule has 4 heteroatoms. The Labute approximate surface area is 117 Å². The SMILES string of the molecule is CCCC(C)Nc1cc(NCC)nc(C(C)(C)C)n1. The van der Waals surface area contributed by atoms with E-state index in [1.54, 1.807) is 0 Å². The Hall–Kier alpha value is -1.32. The van der Waals surface area contributed by atoms with Crippen molar-refractivity contribution >= 4 is 11.6 Å². The molecule has 108 valence electrons. The Balaban J connectivity index is 2.99. The maximum Gasteiger partial charge on any atom is 0.138 e. The molecular weight excluding hydrogens is 236 g/mol. The van der Waals surface area contributed by atoms with E-state index in [-0.39, 0.29) is 5.41 Å². The van der Waals surface area contributed by atoms with Gasteiger partial charge in [-0.3, -0.25) is 0 Å². The number of hydrogen-bond donors (Lipinski definition) is 2. The molecule has 1 unspecified atom stereocenters. The number of hydrogen-bond acceptors (Lipinski definition) is 4. The first kappa shape index (κ1) is 15.7. The van der Waals surface area contributed by atoms with Gasteiger partial charge in [0.25, 0.3) is 0 Å². The van der Waals surface area contributed by atoms with Crippen LogP contribution < -0.4 is 10.6 Å². The van der Waals surface area contributed by atoms with E-state index in [1.165, 1.54) is 6.42 Å². The highest BCUT2D eigenvalue weighted by molar-refractivity contribution is 5.48. The van der Waals surface area contributed by atoms with Crippen molar-refractivity contribution in [3.8, 4) is 0 Å². The quantitative estimate of drug-likeness (QED) is 0.820. The molecule has 1 aromatic heterocycles. The third-order valence-electron chi connectivity index (χ3n) is 2.87. The third-order valence-corrected chi connectivity index (χ3v) is 2.87. The summed E-state index contributed by atoms with van der Waals surface area (Å²) in [6.07, 6.45) is 2.32. The zero-order chi connectivity index (χ0) is 14.5. The molecule has 1 aromatic rings. The molecule has 2 N–H and O–H groups in total. The van der Waals surface area contributed by atoms with Crippen molar-refractivity contribution in [1.29, 1.82) is 0 Å². The van der Waals surface area contributed by atoms with E-state index in [1.807, 2.05) is 6.07 Å². The van der Waals surface area contributed by atoms with Crippen molar-refractivity contribution in [2.45, 2.75) is 65.8 Å². The molecule has 0 radical (unpaired) electrons. The van der Waals surface area contributed by atoms with E-state index in [4.69, 9.17) is 0 Å². The summed E-state index contributed by atoms with van der Waals surface area (Å²) in [4.78, 5) is 9.23. The summed E-state index contributed by atoms with van der Waals surface area (Å²) in [6.45, 7) is 13.7. The fourth-order valence-electron chi connectivity index (χ4n) is 1.89. The molecule has 4 nitrogen and oxygen atoms in total. The van der Waals surface area contributed by atoms with Gasteiger partial charge in [-0.15, -0.1) is 0 Å². The second-order valence-corrected chi connectivity index (χ2v) is 6.08. The fourth-order valence-corrected chi connectivity index (χ4v) is 1.89. The van der Waals surface area contributed by atoms with Gasteiger partial charge in [-0.1, -0.05) is 34.1 Å². The van der Waals surface area contributed by atoms with Crippen LogP contribution in [0.25, 0.3) is 0 Å². The van der Waals surface area contributed by atoms with Crippen molar-refractivity contribution in [2.75, 3.05) is 17.2 Å². The zero-order valence-electron chi connectivity index (χ0n) is 13.2.